The summed E-state index contributed by atoms with van der Waals surface area (Å²) < 4.78 is 29.7. The third-order valence-electron chi connectivity index (χ3n) is 4.06. The summed E-state index contributed by atoms with van der Waals surface area (Å²) in [5.74, 6) is -3.89. The van der Waals surface area contributed by atoms with Crippen LogP contribution < -0.4 is 9.97 Å². The highest BCUT2D eigenvalue weighted by Gasteiger charge is 2.40. The molecule has 0 fully saturated rings. The van der Waals surface area contributed by atoms with Crippen LogP contribution in [-0.2, 0) is 20.6 Å². The van der Waals surface area contributed by atoms with Gasteiger partial charge in [-0.25, -0.2) is 9.18 Å². The van der Waals surface area contributed by atoms with Gasteiger partial charge >= 0.3 is 19.1 Å². The summed E-state index contributed by atoms with van der Waals surface area (Å²) in [7, 11) is 2.00. The molecule has 8 nitrogen and oxygen atoms in total. The number of aliphatic carboxylic acids is 1. The zero-order valence-electron chi connectivity index (χ0n) is 15.0. The van der Waals surface area contributed by atoms with Gasteiger partial charge in [-0.3, -0.25) is 4.79 Å². The van der Waals surface area contributed by atoms with Gasteiger partial charge in [0.25, 0.3) is 0 Å². The van der Waals surface area contributed by atoms with Crippen molar-refractivity contribution in [1.29, 1.82) is 0 Å². The molecule has 1 aromatic carbocycles. The third-order valence-corrected chi connectivity index (χ3v) is 4.06. The minimum Gasteiger partial charge on any atom is -0.534 e. The predicted molar refractivity (Wildman–Crippen MR) is 94.2 cm³/mol. The fourth-order valence-corrected chi connectivity index (χ4v) is 2.89. The number of hydrogen-bond donors (Lipinski definition) is 3. The summed E-state index contributed by atoms with van der Waals surface area (Å²) in [4.78, 5) is 22.5. The van der Waals surface area contributed by atoms with Crippen molar-refractivity contribution in [2.75, 3.05) is 20.8 Å². The van der Waals surface area contributed by atoms with Crippen LogP contribution in [0.1, 0.15) is 28.8 Å². The van der Waals surface area contributed by atoms with Crippen molar-refractivity contribution in [3.8, 4) is 5.75 Å². The SMILES string of the molecule is COCC/C=C(/CC(=O)O)N[C@H]1Cc2ccc(F)c(C(=O)O)c2OB1OC. The first-order chi connectivity index (χ1) is 12.9. The minimum atomic E-state index is -1.43. The number of hydrogen-bond acceptors (Lipinski definition) is 6. The van der Waals surface area contributed by atoms with E-state index >= 15 is 0 Å². The molecule has 1 heterocycles. The lowest BCUT2D eigenvalue weighted by atomic mass is 9.71. The molecule has 0 aromatic heterocycles. The summed E-state index contributed by atoms with van der Waals surface area (Å²) >= 11 is 0. The number of methoxy groups -OCH3 is 1. The van der Waals surface area contributed by atoms with Crippen LogP contribution in [0.15, 0.2) is 23.9 Å². The number of benzene rings is 1. The molecular formula is C17H21BFNO7. The van der Waals surface area contributed by atoms with Gasteiger partial charge in [-0.2, -0.15) is 0 Å². The van der Waals surface area contributed by atoms with Crippen molar-refractivity contribution in [3.05, 3.63) is 40.8 Å². The Bertz CT molecular complexity index is 740. The normalized spacial score (nSPS) is 16.5. The molecular weight excluding hydrogens is 360 g/mol. The molecule has 3 N–H and O–H groups in total. The Labute approximate surface area is 156 Å². The van der Waals surface area contributed by atoms with Crippen LogP contribution in [0.4, 0.5) is 4.39 Å². The fraction of sp³-hybridized carbons (Fsp3) is 0.412. The number of rotatable bonds is 9. The second kappa shape index (κ2) is 9.38. The Hall–Kier alpha value is -2.59. The molecule has 0 spiro atoms. The maximum atomic E-state index is 13.9. The lowest BCUT2D eigenvalue weighted by Gasteiger charge is -2.32. The van der Waals surface area contributed by atoms with Crippen LogP contribution in [0.2, 0.25) is 0 Å². The number of nitrogens with one attached hydrogen (secondary N) is 1. The van der Waals surface area contributed by atoms with Gasteiger partial charge in [-0.05, 0) is 24.5 Å². The van der Waals surface area contributed by atoms with E-state index in [2.05, 4.69) is 5.32 Å². The fourth-order valence-electron chi connectivity index (χ4n) is 2.89. The Morgan fingerprint density at radius 3 is 2.74 bits per heavy atom. The number of carboxylic acids is 2. The van der Waals surface area contributed by atoms with Crippen LogP contribution in [0, 0.1) is 5.82 Å². The molecule has 2 rings (SSSR count). The molecule has 0 saturated heterocycles. The number of aromatic carboxylic acids is 1. The highest BCUT2D eigenvalue weighted by molar-refractivity contribution is 6.48. The Morgan fingerprint density at radius 2 is 2.15 bits per heavy atom. The molecule has 0 amide bonds. The highest BCUT2D eigenvalue weighted by atomic mass is 19.1. The molecule has 0 radical (unpaired) electrons. The largest absolute Gasteiger partial charge is 0.549 e. The van der Waals surface area contributed by atoms with E-state index in [4.69, 9.17) is 19.2 Å². The second-order valence-electron chi connectivity index (χ2n) is 5.97. The van der Waals surface area contributed by atoms with Gasteiger partial charge in [-0.1, -0.05) is 12.1 Å². The average molecular weight is 381 g/mol. The monoisotopic (exact) mass is 381 g/mol. The molecule has 10 heteroatoms. The van der Waals surface area contributed by atoms with Crippen molar-refractivity contribution in [2.24, 2.45) is 0 Å². The number of ether oxygens (including phenoxy) is 1. The Kier molecular flexibility index (Phi) is 7.20. The van der Waals surface area contributed by atoms with Gasteiger partial charge in [0.05, 0.1) is 12.4 Å². The van der Waals surface area contributed by atoms with Gasteiger partial charge in [0, 0.05) is 26.5 Å². The summed E-state index contributed by atoms with van der Waals surface area (Å²) in [6.45, 7) is 0.434. The van der Waals surface area contributed by atoms with Crippen LogP contribution in [0.3, 0.4) is 0 Å². The molecule has 1 aromatic rings. The standard InChI is InChI=1S/C17H21BFNO7/c1-25-7-3-4-11(9-14(21)22)20-13-8-10-5-6-12(19)15(17(23)24)16(10)27-18(13)26-2/h4-6,13,20H,3,7-9H2,1-2H3,(H,21,22)(H,23,24)/b11-4-/t13-/m0/s1. The molecule has 1 aliphatic rings. The summed E-state index contributed by atoms with van der Waals surface area (Å²) in [5.41, 5.74) is 0.403. The van der Waals surface area contributed by atoms with Gasteiger partial charge in [0.2, 0.25) is 0 Å². The maximum absolute atomic E-state index is 13.9. The topological polar surface area (TPSA) is 114 Å². The number of carboxylic acid groups (broad SMARTS) is 2. The smallest absolute Gasteiger partial charge is 0.534 e. The lowest BCUT2D eigenvalue weighted by Crippen LogP contribution is -2.52. The van der Waals surface area contributed by atoms with Gasteiger partial charge in [-0.15, -0.1) is 0 Å². The molecule has 1 aliphatic heterocycles. The average Bonchev–Trinajstić information content (AvgIpc) is 2.60. The van der Waals surface area contributed by atoms with E-state index in [1.54, 1.807) is 13.2 Å². The summed E-state index contributed by atoms with van der Waals surface area (Å²) in [6, 6.07) is 2.52. The van der Waals surface area contributed by atoms with Crippen molar-refractivity contribution < 1.29 is 38.2 Å². The van der Waals surface area contributed by atoms with Gasteiger partial charge in [0.15, 0.2) is 0 Å². The van der Waals surface area contributed by atoms with Crippen LogP contribution in [0.25, 0.3) is 0 Å². The number of fused-ring (bicyclic) bond motifs is 1. The molecule has 146 valence electrons. The zero-order chi connectivity index (χ0) is 20.0. The first-order valence-electron chi connectivity index (χ1n) is 8.27. The van der Waals surface area contributed by atoms with Crippen LogP contribution >= 0.6 is 0 Å². The molecule has 0 unspecified atom stereocenters. The van der Waals surface area contributed by atoms with Crippen molar-refractivity contribution in [1.82, 2.24) is 5.32 Å². The van der Waals surface area contributed by atoms with Gasteiger partial charge in [0.1, 0.15) is 17.1 Å². The van der Waals surface area contributed by atoms with E-state index in [-0.39, 0.29) is 18.6 Å². The predicted octanol–water partition coefficient (Wildman–Crippen LogP) is 1.49. The van der Waals surface area contributed by atoms with E-state index in [9.17, 15) is 19.1 Å². The van der Waals surface area contributed by atoms with Crippen molar-refractivity contribution in [3.63, 3.8) is 0 Å². The molecule has 0 saturated carbocycles. The van der Waals surface area contributed by atoms with Crippen LogP contribution in [-0.4, -0.2) is 56.0 Å². The maximum Gasteiger partial charge on any atom is 0.549 e. The second-order valence-corrected chi connectivity index (χ2v) is 5.97. The molecule has 1 atom stereocenters. The molecule has 27 heavy (non-hydrogen) atoms. The number of halogens is 1. The van der Waals surface area contributed by atoms with E-state index < -0.39 is 36.4 Å². The first-order valence-corrected chi connectivity index (χ1v) is 8.27. The van der Waals surface area contributed by atoms with Crippen LogP contribution in [0.5, 0.6) is 5.75 Å². The number of carbonyl (C=O) groups is 2. The van der Waals surface area contributed by atoms with Crippen molar-refractivity contribution >= 4 is 19.1 Å². The minimum absolute atomic E-state index is 0.0736. The van der Waals surface area contributed by atoms with E-state index in [1.807, 2.05) is 0 Å². The van der Waals surface area contributed by atoms with E-state index in [0.717, 1.165) is 6.07 Å². The molecule has 0 aliphatic carbocycles. The highest BCUT2D eigenvalue weighted by Crippen LogP contribution is 2.32. The zero-order valence-corrected chi connectivity index (χ0v) is 15.0. The van der Waals surface area contributed by atoms with E-state index in [1.165, 1.54) is 13.2 Å². The lowest BCUT2D eigenvalue weighted by molar-refractivity contribution is -0.136. The van der Waals surface area contributed by atoms with E-state index in [0.29, 0.717) is 24.3 Å². The summed E-state index contributed by atoms with van der Waals surface area (Å²) in [6.07, 6.45) is 2.28. The summed E-state index contributed by atoms with van der Waals surface area (Å²) in [5, 5.41) is 21.4. The Morgan fingerprint density at radius 1 is 1.41 bits per heavy atom. The quantitative estimate of drug-likeness (QED) is 0.436. The molecule has 0 bridgehead atoms. The first kappa shape index (κ1) is 20.7. The third kappa shape index (κ3) is 5.21. The van der Waals surface area contributed by atoms with Crippen molar-refractivity contribution in [2.45, 2.75) is 25.2 Å². The van der Waals surface area contributed by atoms with Gasteiger partial charge < -0.3 is 29.6 Å². The Balaban J connectivity index is 2.27.